The first-order chi connectivity index (χ1) is 14.9. The molecule has 4 rings (SSSR count). The monoisotopic (exact) mass is 457 g/mol. The Labute approximate surface area is 184 Å². The number of sulfonamides is 1. The van der Waals surface area contributed by atoms with Crippen molar-refractivity contribution in [1.29, 1.82) is 0 Å². The van der Waals surface area contributed by atoms with Gasteiger partial charge in [0.15, 0.2) is 16.6 Å². The highest BCUT2D eigenvalue weighted by atomic mass is 32.2. The number of aromatic nitrogens is 4. The molecule has 1 N–H and O–H groups in total. The number of benzene rings is 1. The normalized spacial score (nSPS) is 13.3. The molecule has 31 heavy (non-hydrogen) atoms. The second-order valence-corrected chi connectivity index (χ2v) is 10.3. The fourth-order valence-corrected chi connectivity index (χ4v) is 5.86. The van der Waals surface area contributed by atoms with Crippen LogP contribution in [0.15, 0.2) is 58.8 Å². The molecule has 10 heteroatoms. The molecule has 162 valence electrons. The van der Waals surface area contributed by atoms with Crippen molar-refractivity contribution in [2.45, 2.75) is 36.1 Å². The Hall–Kier alpha value is -2.69. The Kier molecular flexibility index (Phi) is 5.87. The lowest BCUT2D eigenvalue weighted by Crippen LogP contribution is -2.30. The predicted octanol–water partition coefficient (Wildman–Crippen LogP) is 3.60. The molecular formula is C21H23N5O3S2. The number of hydrogen-bond acceptors (Lipinski definition) is 6. The molecule has 1 aromatic carbocycles. The van der Waals surface area contributed by atoms with Crippen LogP contribution in [-0.4, -0.2) is 56.4 Å². The Bertz CT molecular complexity index is 1360. The first kappa shape index (κ1) is 21.5. The number of rotatable bonds is 8. The van der Waals surface area contributed by atoms with E-state index in [0.29, 0.717) is 29.5 Å². The molecule has 0 saturated heterocycles. The van der Waals surface area contributed by atoms with Gasteiger partial charge in [0.2, 0.25) is 10.0 Å². The molecule has 1 atom stereocenters. The van der Waals surface area contributed by atoms with E-state index in [9.17, 15) is 13.2 Å². The third kappa shape index (κ3) is 3.86. The lowest BCUT2D eigenvalue weighted by Gasteiger charge is -2.18. The molecule has 0 bridgehead atoms. The van der Waals surface area contributed by atoms with E-state index in [1.807, 2.05) is 31.2 Å². The van der Waals surface area contributed by atoms with Crippen molar-refractivity contribution in [2.24, 2.45) is 0 Å². The van der Waals surface area contributed by atoms with Gasteiger partial charge in [-0.3, -0.25) is 9.20 Å². The van der Waals surface area contributed by atoms with Crippen LogP contribution in [0.5, 0.6) is 0 Å². The number of carbonyl (C=O) groups is 1. The van der Waals surface area contributed by atoms with Gasteiger partial charge in [0, 0.05) is 41.9 Å². The zero-order valence-corrected chi connectivity index (χ0v) is 19.1. The first-order valence-electron chi connectivity index (χ1n) is 9.98. The summed E-state index contributed by atoms with van der Waals surface area (Å²) in [6.07, 6.45) is 3.24. The number of H-pyrrole nitrogens is 1. The highest BCUT2D eigenvalue weighted by Gasteiger charge is 2.25. The van der Waals surface area contributed by atoms with Gasteiger partial charge in [-0.2, -0.15) is 4.31 Å². The van der Waals surface area contributed by atoms with Crippen LogP contribution in [0.2, 0.25) is 0 Å². The van der Waals surface area contributed by atoms with Gasteiger partial charge < -0.3 is 4.98 Å². The van der Waals surface area contributed by atoms with Crippen molar-refractivity contribution in [3.63, 3.8) is 0 Å². The highest BCUT2D eigenvalue weighted by Crippen LogP contribution is 2.28. The van der Waals surface area contributed by atoms with Crippen LogP contribution in [0.25, 0.3) is 16.6 Å². The molecule has 0 aliphatic carbocycles. The zero-order chi connectivity index (χ0) is 22.2. The number of aromatic amines is 1. The molecule has 0 saturated carbocycles. The average Bonchev–Trinajstić information content (AvgIpc) is 3.38. The van der Waals surface area contributed by atoms with E-state index in [0.717, 1.165) is 10.9 Å². The Morgan fingerprint density at radius 3 is 2.65 bits per heavy atom. The van der Waals surface area contributed by atoms with Crippen LogP contribution < -0.4 is 0 Å². The lowest BCUT2D eigenvalue weighted by molar-refractivity contribution is 0.0995. The van der Waals surface area contributed by atoms with Crippen molar-refractivity contribution in [1.82, 2.24) is 23.9 Å². The Balaban J connectivity index is 1.65. The van der Waals surface area contributed by atoms with E-state index in [4.69, 9.17) is 0 Å². The molecular weight excluding hydrogens is 434 g/mol. The smallest absolute Gasteiger partial charge is 0.244 e. The minimum Gasteiger partial charge on any atom is -0.360 e. The summed E-state index contributed by atoms with van der Waals surface area (Å²) < 4.78 is 28.8. The van der Waals surface area contributed by atoms with Crippen LogP contribution in [0.3, 0.4) is 0 Å². The SMILES string of the molecule is CCN(CC)S(=O)(=O)c1ccc2nnc(S[C@H](C)C(=O)c3c[nH]c4ccccc34)n2c1. The van der Waals surface area contributed by atoms with Crippen LogP contribution in [0, 0.1) is 0 Å². The van der Waals surface area contributed by atoms with Crippen LogP contribution >= 0.6 is 11.8 Å². The molecule has 0 amide bonds. The lowest BCUT2D eigenvalue weighted by atomic mass is 10.1. The molecule has 3 aromatic heterocycles. The van der Waals surface area contributed by atoms with Gasteiger partial charge in [0.1, 0.15) is 0 Å². The molecule has 0 radical (unpaired) electrons. The third-order valence-corrected chi connectivity index (χ3v) is 8.28. The topological polar surface area (TPSA) is 100 Å². The van der Waals surface area contributed by atoms with Crippen molar-refractivity contribution in [2.75, 3.05) is 13.1 Å². The number of ketones is 1. The molecule has 0 aliphatic heterocycles. The molecule has 0 spiro atoms. The zero-order valence-electron chi connectivity index (χ0n) is 17.4. The van der Waals surface area contributed by atoms with Gasteiger partial charge in [0.25, 0.3) is 0 Å². The summed E-state index contributed by atoms with van der Waals surface area (Å²) in [6.45, 7) is 6.19. The minimum absolute atomic E-state index is 0.0360. The molecule has 4 aromatic rings. The van der Waals surface area contributed by atoms with Gasteiger partial charge in [-0.15, -0.1) is 10.2 Å². The fraction of sp³-hybridized carbons (Fsp3) is 0.286. The molecule has 8 nitrogen and oxygen atoms in total. The average molecular weight is 458 g/mol. The summed E-state index contributed by atoms with van der Waals surface area (Å²) in [5.74, 6) is -0.0360. The Morgan fingerprint density at radius 1 is 1.16 bits per heavy atom. The molecule has 0 unspecified atom stereocenters. The summed E-state index contributed by atoms with van der Waals surface area (Å²) in [4.78, 5) is 16.4. The number of nitrogens with one attached hydrogen (secondary N) is 1. The largest absolute Gasteiger partial charge is 0.360 e. The van der Waals surface area contributed by atoms with E-state index < -0.39 is 15.3 Å². The maximum atomic E-state index is 13.1. The van der Waals surface area contributed by atoms with E-state index in [2.05, 4.69) is 15.2 Å². The van der Waals surface area contributed by atoms with E-state index >= 15 is 0 Å². The van der Waals surface area contributed by atoms with Crippen LogP contribution in [-0.2, 0) is 10.0 Å². The standard InChI is InChI=1S/C21H23N5O3S2/c1-4-25(5-2)31(28,29)15-10-11-19-23-24-21(26(19)13-15)30-14(3)20(27)17-12-22-18-9-7-6-8-16(17)18/h6-14,22H,4-5H2,1-3H3/t14-/m1/s1. The number of para-hydroxylation sites is 1. The van der Waals surface area contributed by atoms with Gasteiger partial charge in [0.05, 0.1) is 10.1 Å². The van der Waals surface area contributed by atoms with Crippen LogP contribution in [0.1, 0.15) is 31.1 Å². The number of pyridine rings is 1. The van der Waals surface area contributed by atoms with Gasteiger partial charge in [-0.1, -0.05) is 43.8 Å². The second kappa shape index (κ2) is 8.45. The summed E-state index contributed by atoms with van der Waals surface area (Å²) >= 11 is 1.25. The number of carbonyl (C=O) groups excluding carboxylic acids is 1. The number of fused-ring (bicyclic) bond motifs is 2. The third-order valence-electron chi connectivity index (χ3n) is 5.19. The number of Topliss-reactive ketones (excluding diaryl/α,β-unsaturated/α-hetero) is 1. The highest BCUT2D eigenvalue weighted by molar-refractivity contribution is 8.00. The maximum Gasteiger partial charge on any atom is 0.244 e. The number of thioether (sulfide) groups is 1. The summed E-state index contributed by atoms with van der Waals surface area (Å²) in [6, 6.07) is 10.8. The Morgan fingerprint density at radius 2 is 1.90 bits per heavy atom. The van der Waals surface area contributed by atoms with Gasteiger partial charge >= 0.3 is 0 Å². The first-order valence-corrected chi connectivity index (χ1v) is 12.3. The van der Waals surface area contributed by atoms with E-state index in [-0.39, 0.29) is 10.7 Å². The summed E-state index contributed by atoms with van der Waals surface area (Å²) in [5.41, 5.74) is 2.05. The van der Waals surface area contributed by atoms with Crippen molar-refractivity contribution < 1.29 is 13.2 Å². The minimum atomic E-state index is -3.62. The number of nitrogens with zero attached hydrogens (tertiary/aromatic N) is 4. The van der Waals surface area contributed by atoms with Crippen molar-refractivity contribution >= 4 is 44.1 Å². The van der Waals surface area contributed by atoms with Crippen molar-refractivity contribution in [3.8, 4) is 0 Å². The van der Waals surface area contributed by atoms with Gasteiger partial charge in [-0.25, -0.2) is 8.42 Å². The molecule has 3 heterocycles. The quantitative estimate of drug-likeness (QED) is 0.320. The van der Waals surface area contributed by atoms with Gasteiger partial charge in [-0.05, 0) is 25.1 Å². The number of hydrogen-bond donors (Lipinski definition) is 1. The van der Waals surface area contributed by atoms with E-state index in [1.165, 1.54) is 28.3 Å². The fourth-order valence-electron chi connectivity index (χ4n) is 3.50. The maximum absolute atomic E-state index is 13.1. The summed E-state index contributed by atoms with van der Waals surface area (Å²) in [5, 5.41) is 9.20. The van der Waals surface area contributed by atoms with E-state index in [1.54, 1.807) is 30.5 Å². The summed E-state index contributed by atoms with van der Waals surface area (Å²) in [7, 11) is -3.62. The van der Waals surface area contributed by atoms with Crippen LogP contribution in [0.4, 0.5) is 0 Å². The predicted molar refractivity (Wildman–Crippen MR) is 121 cm³/mol. The second-order valence-electron chi connectivity index (χ2n) is 7.04. The van der Waals surface area contributed by atoms with Crippen molar-refractivity contribution in [3.05, 3.63) is 54.4 Å². The molecule has 0 fully saturated rings. The molecule has 0 aliphatic rings.